The largest absolute Gasteiger partial charge is 0.314 e. The van der Waals surface area contributed by atoms with Gasteiger partial charge >= 0.3 is 0 Å². The third kappa shape index (κ3) is 3.94. The van der Waals surface area contributed by atoms with Gasteiger partial charge in [-0.15, -0.1) is 12.4 Å². The fourth-order valence-electron chi connectivity index (χ4n) is 2.91. The fraction of sp³-hybridized carbons (Fsp3) is 0.600. The van der Waals surface area contributed by atoms with Gasteiger partial charge in [0, 0.05) is 42.3 Å². The number of rotatable bonds is 4. The molecular formula is C15H21BrClFN2. The number of hydrogen-bond acceptors (Lipinski definition) is 2. The van der Waals surface area contributed by atoms with Crippen molar-refractivity contribution in [2.24, 2.45) is 5.92 Å². The van der Waals surface area contributed by atoms with Gasteiger partial charge < -0.3 is 5.32 Å². The normalized spacial score (nSPS) is 21.3. The molecule has 1 saturated heterocycles. The second-order valence-corrected chi connectivity index (χ2v) is 6.56. The summed E-state index contributed by atoms with van der Waals surface area (Å²) in [6.07, 6.45) is 3.75. The van der Waals surface area contributed by atoms with Crippen molar-refractivity contribution < 1.29 is 4.39 Å². The molecule has 0 radical (unpaired) electrons. The molecule has 20 heavy (non-hydrogen) atoms. The topological polar surface area (TPSA) is 15.3 Å². The lowest BCUT2D eigenvalue weighted by molar-refractivity contribution is 0.157. The van der Waals surface area contributed by atoms with Gasteiger partial charge in [-0.25, -0.2) is 4.39 Å². The lowest BCUT2D eigenvalue weighted by Crippen LogP contribution is -2.45. The Morgan fingerprint density at radius 3 is 2.60 bits per heavy atom. The number of piperazine rings is 1. The summed E-state index contributed by atoms with van der Waals surface area (Å²) in [6.45, 7) is 4.07. The van der Waals surface area contributed by atoms with Crippen LogP contribution in [0.15, 0.2) is 22.7 Å². The fourth-order valence-corrected chi connectivity index (χ4v) is 3.24. The molecule has 1 saturated carbocycles. The minimum Gasteiger partial charge on any atom is -0.314 e. The Morgan fingerprint density at radius 2 is 2.00 bits per heavy atom. The van der Waals surface area contributed by atoms with E-state index in [0.29, 0.717) is 0 Å². The molecule has 1 aliphatic carbocycles. The Balaban J connectivity index is 0.00000147. The van der Waals surface area contributed by atoms with Gasteiger partial charge in [0.15, 0.2) is 0 Å². The highest BCUT2D eigenvalue weighted by atomic mass is 79.9. The summed E-state index contributed by atoms with van der Waals surface area (Å²) in [4.78, 5) is 2.45. The molecule has 112 valence electrons. The van der Waals surface area contributed by atoms with E-state index in [1.165, 1.54) is 12.8 Å². The summed E-state index contributed by atoms with van der Waals surface area (Å²) in [5, 5.41) is 3.37. The monoisotopic (exact) mass is 362 g/mol. The smallest absolute Gasteiger partial charge is 0.129 e. The average Bonchev–Trinajstić information content (AvgIpc) is 3.22. The van der Waals surface area contributed by atoms with Crippen molar-refractivity contribution in [1.82, 2.24) is 10.2 Å². The van der Waals surface area contributed by atoms with Gasteiger partial charge in [-0.1, -0.05) is 34.8 Å². The Kier molecular flexibility index (Phi) is 5.84. The molecule has 2 aliphatic rings. The molecule has 1 aromatic rings. The van der Waals surface area contributed by atoms with Gasteiger partial charge in [-0.2, -0.15) is 0 Å². The van der Waals surface area contributed by atoms with Gasteiger partial charge in [-0.3, -0.25) is 4.90 Å². The van der Waals surface area contributed by atoms with E-state index in [9.17, 15) is 4.39 Å². The Bertz CT molecular complexity index is 447. The third-order valence-electron chi connectivity index (χ3n) is 4.17. The molecule has 2 nitrogen and oxygen atoms in total. The molecule has 0 aromatic heterocycles. The van der Waals surface area contributed by atoms with Crippen LogP contribution < -0.4 is 5.32 Å². The molecule has 0 unspecified atom stereocenters. The summed E-state index contributed by atoms with van der Waals surface area (Å²) >= 11 is 3.34. The molecule has 3 rings (SSSR count). The van der Waals surface area contributed by atoms with Gasteiger partial charge in [0.25, 0.3) is 0 Å². The van der Waals surface area contributed by atoms with Crippen LogP contribution in [-0.2, 0) is 0 Å². The maximum Gasteiger partial charge on any atom is 0.129 e. The lowest BCUT2D eigenvalue weighted by atomic mass is 9.98. The van der Waals surface area contributed by atoms with Crippen LogP contribution in [0.5, 0.6) is 0 Å². The number of hydrogen-bond donors (Lipinski definition) is 1. The van der Waals surface area contributed by atoms with E-state index in [1.54, 1.807) is 6.07 Å². The summed E-state index contributed by atoms with van der Waals surface area (Å²) in [6, 6.07) is 5.76. The first-order chi connectivity index (χ1) is 9.24. The molecule has 5 heteroatoms. The number of benzene rings is 1. The summed E-state index contributed by atoms with van der Waals surface area (Å²) in [5.74, 6) is 0.737. The molecule has 0 amide bonds. The zero-order chi connectivity index (χ0) is 13.2. The van der Waals surface area contributed by atoms with Gasteiger partial charge in [0.05, 0.1) is 0 Å². The Labute approximate surface area is 134 Å². The molecular weight excluding hydrogens is 343 g/mol. The van der Waals surface area contributed by atoms with E-state index < -0.39 is 0 Å². The van der Waals surface area contributed by atoms with Crippen LogP contribution in [0.25, 0.3) is 0 Å². The second kappa shape index (κ2) is 7.21. The number of halogens is 3. The van der Waals surface area contributed by atoms with Gasteiger partial charge in [0.2, 0.25) is 0 Å². The Hall–Kier alpha value is -0.160. The van der Waals surface area contributed by atoms with E-state index in [0.717, 1.165) is 48.6 Å². The van der Waals surface area contributed by atoms with Crippen molar-refractivity contribution in [3.63, 3.8) is 0 Å². The van der Waals surface area contributed by atoms with Gasteiger partial charge in [-0.05, 0) is 24.5 Å². The van der Waals surface area contributed by atoms with E-state index in [-0.39, 0.29) is 24.3 Å². The first kappa shape index (κ1) is 16.2. The molecule has 0 spiro atoms. The molecule has 2 fully saturated rings. The lowest BCUT2D eigenvalue weighted by Gasteiger charge is -2.35. The number of nitrogens with one attached hydrogen (secondary N) is 1. The van der Waals surface area contributed by atoms with E-state index in [1.807, 2.05) is 12.1 Å². The maximum absolute atomic E-state index is 14.3. The predicted molar refractivity (Wildman–Crippen MR) is 85.9 cm³/mol. The maximum atomic E-state index is 14.3. The summed E-state index contributed by atoms with van der Waals surface area (Å²) < 4.78 is 15.1. The third-order valence-corrected chi connectivity index (χ3v) is 4.66. The van der Waals surface area contributed by atoms with E-state index in [4.69, 9.17) is 0 Å². The first-order valence-corrected chi connectivity index (χ1v) is 7.93. The van der Waals surface area contributed by atoms with Crippen LogP contribution >= 0.6 is 28.3 Å². The van der Waals surface area contributed by atoms with Crippen LogP contribution in [0.4, 0.5) is 4.39 Å². The van der Waals surface area contributed by atoms with Crippen LogP contribution in [-0.4, -0.2) is 31.1 Å². The minimum atomic E-state index is -0.0708. The quantitative estimate of drug-likeness (QED) is 0.876. The zero-order valence-electron chi connectivity index (χ0n) is 11.4. The highest BCUT2D eigenvalue weighted by Gasteiger charge is 2.31. The minimum absolute atomic E-state index is 0. The zero-order valence-corrected chi connectivity index (χ0v) is 13.9. The van der Waals surface area contributed by atoms with Crippen LogP contribution in [0.2, 0.25) is 0 Å². The average molecular weight is 364 g/mol. The van der Waals surface area contributed by atoms with Crippen LogP contribution in [0, 0.1) is 11.7 Å². The molecule has 1 N–H and O–H groups in total. The summed E-state index contributed by atoms with van der Waals surface area (Å²) in [7, 11) is 0. The highest BCUT2D eigenvalue weighted by molar-refractivity contribution is 9.10. The van der Waals surface area contributed by atoms with Crippen molar-refractivity contribution in [3.8, 4) is 0 Å². The Morgan fingerprint density at radius 1 is 1.30 bits per heavy atom. The molecule has 0 bridgehead atoms. The van der Waals surface area contributed by atoms with Crippen LogP contribution in [0.1, 0.15) is 30.9 Å². The molecule has 1 heterocycles. The van der Waals surface area contributed by atoms with E-state index >= 15 is 0 Å². The predicted octanol–water partition coefficient (Wildman–Crippen LogP) is 3.76. The SMILES string of the molecule is Cl.Fc1cc(Br)ccc1[C@@H](CC1CC1)N1CCNCC1. The second-order valence-electron chi connectivity index (χ2n) is 5.65. The van der Waals surface area contributed by atoms with Crippen molar-refractivity contribution in [3.05, 3.63) is 34.1 Å². The molecule has 1 atom stereocenters. The molecule has 1 aliphatic heterocycles. The molecule has 1 aromatic carbocycles. The van der Waals surface area contributed by atoms with Crippen LogP contribution in [0.3, 0.4) is 0 Å². The van der Waals surface area contributed by atoms with Gasteiger partial charge in [0.1, 0.15) is 5.82 Å². The van der Waals surface area contributed by atoms with Crippen molar-refractivity contribution >= 4 is 28.3 Å². The standard InChI is InChI=1S/C15H20BrFN2.ClH/c16-12-3-4-13(14(17)10-12)15(9-11-1-2-11)19-7-5-18-6-8-19;/h3-4,10-11,15,18H,1-2,5-9H2;1H/t15-;/m1./s1. The number of nitrogens with zero attached hydrogens (tertiary/aromatic N) is 1. The highest BCUT2D eigenvalue weighted by Crippen LogP contribution is 2.41. The van der Waals surface area contributed by atoms with E-state index in [2.05, 4.69) is 26.1 Å². The summed E-state index contributed by atoms with van der Waals surface area (Å²) in [5.41, 5.74) is 0.872. The van der Waals surface area contributed by atoms with Crippen molar-refractivity contribution in [2.75, 3.05) is 26.2 Å². The van der Waals surface area contributed by atoms with Crippen molar-refractivity contribution in [2.45, 2.75) is 25.3 Å². The first-order valence-electron chi connectivity index (χ1n) is 7.14. The van der Waals surface area contributed by atoms with Crippen molar-refractivity contribution in [1.29, 1.82) is 0 Å².